The molecule has 2 rings (SSSR count). The van der Waals surface area contributed by atoms with Crippen LogP contribution in [0, 0.1) is 5.92 Å². The first kappa shape index (κ1) is 9.97. The van der Waals surface area contributed by atoms with Gasteiger partial charge in [-0.05, 0) is 18.8 Å². The van der Waals surface area contributed by atoms with Crippen molar-refractivity contribution in [3.8, 4) is 0 Å². The molecule has 1 aliphatic heterocycles. The maximum atomic E-state index is 11.5. The summed E-state index contributed by atoms with van der Waals surface area (Å²) in [5, 5.41) is 3.44. The van der Waals surface area contributed by atoms with Crippen LogP contribution in [0.2, 0.25) is 0 Å². The van der Waals surface area contributed by atoms with Crippen LogP contribution in [-0.2, 0) is 4.79 Å². The minimum Gasteiger partial charge on any atom is -0.341 e. The summed E-state index contributed by atoms with van der Waals surface area (Å²) in [5.74, 6) is 0.970. The monoisotopic (exact) mass is 196 g/mol. The Morgan fingerprint density at radius 3 is 2.86 bits per heavy atom. The fourth-order valence-corrected chi connectivity index (χ4v) is 2.03. The van der Waals surface area contributed by atoms with Crippen molar-refractivity contribution in [1.82, 2.24) is 10.2 Å². The van der Waals surface area contributed by atoms with E-state index in [9.17, 15) is 4.79 Å². The van der Waals surface area contributed by atoms with E-state index in [1.807, 2.05) is 4.90 Å². The van der Waals surface area contributed by atoms with Crippen LogP contribution in [0.15, 0.2) is 0 Å². The van der Waals surface area contributed by atoms with Gasteiger partial charge in [0.05, 0.1) is 0 Å². The third-order valence-corrected chi connectivity index (χ3v) is 3.26. The summed E-state index contributed by atoms with van der Waals surface area (Å²) in [6.07, 6.45) is 4.56. The summed E-state index contributed by atoms with van der Waals surface area (Å²) in [7, 11) is 0. The molecule has 1 heterocycles. The van der Waals surface area contributed by atoms with Gasteiger partial charge in [0.15, 0.2) is 0 Å². The number of nitrogens with one attached hydrogen (secondary N) is 1. The second-order valence-corrected chi connectivity index (χ2v) is 4.55. The van der Waals surface area contributed by atoms with Gasteiger partial charge in [-0.1, -0.05) is 13.3 Å². The van der Waals surface area contributed by atoms with Gasteiger partial charge in [-0.25, -0.2) is 0 Å². The third kappa shape index (κ3) is 2.47. The van der Waals surface area contributed by atoms with Crippen molar-refractivity contribution < 1.29 is 4.79 Å². The summed E-state index contributed by atoms with van der Waals surface area (Å²) in [6.45, 7) is 5.05. The van der Waals surface area contributed by atoms with E-state index < -0.39 is 0 Å². The predicted molar refractivity (Wildman–Crippen MR) is 56.0 cm³/mol. The zero-order valence-electron chi connectivity index (χ0n) is 8.96. The maximum Gasteiger partial charge on any atom is 0.222 e. The Hall–Kier alpha value is -0.570. The fraction of sp³-hybridized carbons (Fsp3) is 0.909. The van der Waals surface area contributed by atoms with E-state index in [0.717, 1.165) is 38.5 Å². The van der Waals surface area contributed by atoms with E-state index in [2.05, 4.69) is 12.2 Å². The quantitative estimate of drug-likeness (QED) is 0.711. The Balaban J connectivity index is 1.66. The highest BCUT2D eigenvalue weighted by molar-refractivity contribution is 5.78. The molecule has 1 saturated carbocycles. The average molecular weight is 196 g/mol. The van der Waals surface area contributed by atoms with Gasteiger partial charge in [-0.2, -0.15) is 0 Å². The van der Waals surface area contributed by atoms with Crippen LogP contribution in [0.25, 0.3) is 0 Å². The molecule has 2 fully saturated rings. The van der Waals surface area contributed by atoms with Crippen LogP contribution in [0.5, 0.6) is 0 Å². The van der Waals surface area contributed by atoms with Crippen LogP contribution in [0.3, 0.4) is 0 Å². The lowest BCUT2D eigenvalue weighted by molar-refractivity contribution is -0.127. The molecule has 1 saturated heterocycles. The molecule has 0 aromatic carbocycles. The van der Waals surface area contributed by atoms with Crippen LogP contribution < -0.4 is 5.32 Å². The Morgan fingerprint density at radius 1 is 1.50 bits per heavy atom. The molecule has 0 bridgehead atoms. The first-order chi connectivity index (χ1) is 6.79. The first-order valence-electron chi connectivity index (χ1n) is 5.80. The molecule has 1 unspecified atom stereocenters. The Bertz CT molecular complexity index is 213. The topological polar surface area (TPSA) is 32.3 Å². The smallest absolute Gasteiger partial charge is 0.222 e. The lowest BCUT2D eigenvalue weighted by Crippen LogP contribution is -2.34. The van der Waals surface area contributed by atoms with Crippen LogP contribution in [0.1, 0.15) is 32.6 Å². The molecule has 80 valence electrons. The summed E-state index contributed by atoms with van der Waals surface area (Å²) >= 11 is 0. The van der Waals surface area contributed by atoms with Crippen LogP contribution >= 0.6 is 0 Å². The zero-order valence-corrected chi connectivity index (χ0v) is 8.96. The van der Waals surface area contributed by atoms with Gasteiger partial charge in [-0.15, -0.1) is 0 Å². The normalized spacial score (nSPS) is 27.4. The van der Waals surface area contributed by atoms with Gasteiger partial charge >= 0.3 is 0 Å². The maximum absolute atomic E-state index is 11.5. The molecule has 0 spiro atoms. The molecule has 3 nitrogen and oxygen atoms in total. The molecule has 1 N–H and O–H groups in total. The molecule has 14 heavy (non-hydrogen) atoms. The molecular weight excluding hydrogens is 176 g/mol. The zero-order chi connectivity index (χ0) is 9.97. The molecule has 2 aliphatic rings. The van der Waals surface area contributed by atoms with Crippen molar-refractivity contribution in [2.75, 3.05) is 19.6 Å². The number of nitrogens with zero attached hydrogens (tertiary/aromatic N) is 1. The van der Waals surface area contributed by atoms with Crippen molar-refractivity contribution >= 4 is 5.91 Å². The molecule has 1 aliphatic carbocycles. The third-order valence-electron chi connectivity index (χ3n) is 3.26. The highest BCUT2D eigenvalue weighted by atomic mass is 16.2. The van der Waals surface area contributed by atoms with Gasteiger partial charge < -0.3 is 10.2 Å². The molecule has 0 radical (unpaired) electrons. The minimum absolute atomic E-state index is 0.356. The molecule has 0 aromatic heterocycles. The van der Waals surface area contributed by atoms with E-state index in [0.29, 0.717) is 11.8 Å². The number of carbonyl (C=O) groups excluding carboxylic acids is 1. The average Bonchev–Trinajstić information content (AvgIpc) is 2.92. The number of likely N-dealkylation sites (tertiary alicyclic amines) is 1. The Morgan fingerprint density at radius 2 is 2.29 bits per heavy atom. The molecule has 0 aromatic rings. The van der Waals surface area contributed by atoms with Crippen LogP contribution in [-0.4, -0.2) is 36.5 Å². The van der Waals surface area contributed by atoms with E-state index in [1.54, 1.807) is 0 Å². The number of hydrogen-bond acceptors (Lipinski definition) is 2. The standard InChI is InChI=1S/C11H20N2O/c1-2-9-7-11(14)13(8-9)6-5-12-10-3-4-10/h9-10,12H,2-8H2,1H3. The van der Waals surface area contributed by atoms with Crippen molar-refractivity contribution in [2.45, 2.75) is 38.6 Å². The highest BCUT2D eigenvalue weighted by Gasteiger charge is 2.28. The van der Waals surface area contributed by atoms with Gasteiger partial charge in [0.25, 0.3) is 0 Å². The summed E-state index contributed by atoms with van der Waals surface area (Å²) in [4.78, 5) is 13.6. The van der Waals surface area contributed by atoms with Crippen molar-refractivity contribution in [2.24, 2.45) is 5.92 Å². The van der Waals surface area contributed by atoms with Gasteiger partial charge in [-0.3, -0.25) is 4.79 Å². The second-order valence-electron chi connectivity index (χ2n) is 4.55. The molecule has 3 heteroatoms. The number of hydrogen-bond donors (Lipinski definition) is 1. The van der Waals surface area contributed by atoms with Gasteiger partial charge in [0.1, 0.15) is 0 Å². The lowest BCUT2D eigenvalue weighted by atomic mass is 10.1. The SMILES string of the molecule is CCC1CC(=O)N(CCNC2CC2)C1. The highest BCUT2D eigenvalue weighted by Crippen LogP contribution is 2.21. The molecule has 1 amide bonds. The number of carbonyl (C=O) groups is 1. The second kappa shape index (κ2) is 4.30. The van der Waals surface area contributed by atoms with E-state index in [4.69, 9.17) is 0 Å². The number of amides is 1. The first-order valence-corrected chi connectivity index (χ1v) is 5.80. The Labute approximate surface area is 85.8 Å². The van der Waals surface area contributed by atoms with E-state index in [-0.39, 0.29) is 0 Å². The summed E-state index contributed by atoms with van der Waals surface area (Å²) in [5.41, 5.74) is 0. The van der Waals surface area contributed by atoms with E-state index >= 15 is 0 Å². The predicted octanol–water partition coefficient (Wildman–Crippen LogP) is 0.997. The van der Waals surface area contributed by atoms with Gasteiger partial charge in [0.2, 0.25) is 5.91 Å². The number of rotatable bonds is 5. The van der Waals surface area contributed by atoms with E-state index in [1.165, 1.54) is 12.8 Å². The largest absolute Gasteiger partial charge is 0.341 e. The van der Waals surface area contributed by atoms with Crippen molar-refractivity contribution in [1.29, 1.82) is 0 Å². The summed E-state index contributed by atoms with van der Waals surface area (Å²) in [6, 6.07) is 0.759. The van der Waals surface area contributed by atoms with Gasteiger partial charge in [0, 0.05) is 32.1 Å². The molecular formula is C11H20N2O. The summed E-state index contributed by atoms with van der Waals surface area (Å²) < 4.78 is 0. The molecule has 1 atom stereocenters. The van der Waals surface area contributed by atoms with Crippen molar-refractivity contribution in [3.05, 3.63) is 0 Å². The van der Waals surface area contributed by atoms with Crippen molar-refractivity contribution in [3.63, 3.8) is 0 Å². The van der Waals surface area contributed by atoms with Crippen LogP contribution in [0.4, 0.5) is 0 Å². The fourth-order valence-electron chi connectivity index (χ4n) is 2.03. The minimum atomic E-state index is 0.356. The Kier molecular flexibility index (Phi) is 3.06. The lowest BCUT2D eigenvalue weighted by Gasteiger charge is -2.16.